The number of nitrogens with zero attached hydrogens (tertiary/aromatic N) is 3. The van der Waals surface area contributed by atoms with Crippen molar-refractivity contribution in [3.05, 3.63) is 57.6 Å². The SMILES string of the molecule is Cc1nnc(-c2cccc(C(=O)N(C)Cc3sccc3C)c2)o1. The summed E-state index contributed by atoms with van der Waals surface area (Å²) >= 11 is 1.67. The molecule has 3 aromatic rings. The van der Waals surface area contributed by atoms with E-state index in [4.69, 9.17) is 4.42 Å². The number of benzene rings is 1. The van der Waals surface area contributed by atoms with Gasteiger partial charge in [-0.1, -0.05) is 6.07 Å². The molecule has 0 atom stereocenters. The monoisotopic (exact) mass is 327 g/mol. The smallest absolute Gasteiger partial charge is 0.253 e. The molecule has 0 aliphatic rings. The highest BCUT2D eigenvalue weighted by Gasteiger charge is 2.15. The zero-order valence-corrected chi connectivity index (χ0v) is 14.1. The molecule has 0 bridgehead atoms. The molecule has 118 valence electrons. The minimum atomic E-state index is -0.0316. The van der Waals surface area contributed by atoms with Crippen LogP contribution >= 0.6 is 11.3 Å². The molecule has 2 heterocycles. The van der Waals surface area contributed by atoms with Gasteiger partial charge in [0, 0.05) is 30.0 Å². The van der Waals surface area contributed by atoms with E-state index < -0.39 is 0 Å². The molecule has 1 aromatic carbocycles. The minimum absolute atomic E-state index is 0.0316. The van der Waals surface area contributed by atoms with Gasteiger partial charge in [-0.2, -0.15) is 0 Å². The largest absolute Gasteiger partial charge is 0.421 e. The Kier molecular flexibility index (Phi) is 4.25. The molecule has 1 amide bonds. The van der Waals surface area contributed by atoms with E-state index in [9.17, 15) is 4.79 Å². The molecule has 6 heteroatoms. The summed E-state index contributed by atoms with van der Waals surface area (Å²) in [5.74, 6) is 0.895. The van der Waals surface area contributed by atoms with Crippen molar-refractivity contribution in [2.75, 3.05) is 7.05 Å². The van der Waals surface area contributed by atoms with Gasteiger partial charge in [0.05, 0.1) is 6.54 Å². The average Bonchev–Trinajstić information content (AvgIpc) is 3.16. The van der Waals surface area contributed by atoms with E-state index in [1.165, 1.54) is 10.4 Å². The van der Waals surface area contributed by atoms with E-state index in [1.54, 1.807) is 35.3 Å². The van der Waals surface area contributed by atoms with Crippen LogP contribution in [-0.4, -0.2) is 28.1 Å². The molecule has 3 rings (SSSR count). The third-order valence-electron chi connectivity index (χ3n) is 3.58. The first-order valence-electron chi connectivity index (χ1n) is 7.23. The van der Waals surface area contributed by atoms with Crippen LogP contribution in [0.5, 0.6) is 0 Å². The van der Waals surface area contributed by atoms with Crippen LogP contribution in [0.1, 0.15) is 26.7 Å². The molecule has 0 unspecified atom stereocenters. The van der Waals surface area contributed by atoms with Crippen LogP contribution in [0.4, 0.5) is 0 Å². The van der Waals surface area contributed by atoms with Crippen molar-refractivity contribution in [3.8, 4) is 11.5 Å². The van der Waals surface area contributed by atoms with Gasteiger partial charge in [0.25, 0.3) is 5.91 Å². The Balaban J connectivity index is 1.81. The Morgan fingerprint density at radius 3 is 2.74 bits per heavy atom. The summed E-state index contributed by atoms with van der Waals surface area (Å²) in [6.07, 6.45) is 0. The zero-order chi connectivity index (χ0) is 16.4. The van der Waals surface area contributed by atoms with Crippen LogP contribution in [0.2, 0.25) is 0 Å². The lowest BCUT2D eigenvalue weighted by atomic mass is 10.1. The molecular formula is C17H17N3O2S. The van der Waals surface area contributed by atoms with E-state index in [0.717, 1.165) is 5.56 Å². The highest BCUT2D eigenvalue weighted by Crippen LogP contribution is 2.21. The number of thiophene rings is 1. The van der Waals surface area contributed by atoms with Crippen LogP contribution < -0.4 is 0 Å². The Labute approximate surface area is 138 Å². The molecule has 0 aliphatic carbocycles. The number of rotatable bonds is 4. The molecule has 2 aromatic heterocycles. The fourth-order valence-electron chi connectivity index (χ4n) is 2.27. The standard InChI is InChI=1S/C17H17N3O2S/c1-11-7-8-23-15(11)10-20(3)17(21)14-6-4-5-13(9-14)16-19-18-12(2)22-16/h4-9H,10H2,1-3H3. The summed E-state index contributed by atoms with van der Waals surface area (Å²) in [7, 11) is 1.81. The first-order valence-corrected chi connectivity index (χ1v) is 8.11. The lowest BCUT2D eigenvalue weighted by molar-refractivity contribution is 0.0786. The normalized spacial score (nSPS) is 10.7. The van der Waals surface area contributed by atoms with E-state index in [0.29, 0.717) is 23.9 Å². The van der Waals surface area contributed by atoms with Gasteiger partial charge in [-0.15, -0.1) is 21.5 Å². The Morgan fingerprint density at radius 2 is 2.09 bits per heavy atom. The summed E-state index contributed by atoms with van der Waals surface area (Å²) in [6.45, 7) is 4.40. The van der Waals surface area contributed by atoms with Crippen LogP contribution in [0.3, 0.4) is 0 Å². The summed E-state index contributed by atoms with van der Waals surface area (Å²) in [5, 5.41) is 9.86. The Morgan fingerprint density at radius 1 is 1.26 bits per heavy atom. The first kappa shape index (κ1) is 15.4. The molecule has 23 heavy (non-hydrogen) atoms. The number of hydrogen-bond donors (Lipinski definition) is 0. The summed E-state index contributed by atoms with van der Waals surface area (Å²) in [5.41, 5.74) is 2.57. The Bertz CT molecular complexity index is 838. The van der Waals surface area contributed by atoms with Gasteiger partial charge < -0.3 is 9.32 Å². The van der Waals surface area contributed by atoms with Gasteiger partial charge in [-0.25, -0.2) is 0 Å². The van der Waals surface area contributed by atoms with Crippen molar-refractivity contribution < 1.29 is 9.21 Å². The topological polar surface area (TPSA) is 59.2 Å². The van der Waals surface area contributed by atoms with Crippen molar-refractivity contribution in [3.63, 3.8) is 0 Å². The maximum atomic E-state index is 12.6. The zero-order valence-electron chi connectivity index (χ0n) is 13.2. The van der Waals surface area contributed by atoms with Crippen LogP contribution in [0, 0.1) is 13.8 Å². The molecule has 0 radical (unpaired) electrons. The number of aryl methyl sites for hydroxylation is 2. The van der Waals surface area contributed by atoms with Gasteiger partial charge >= 0.3 is 0 Å². The quantitative estimate of drug-likeness (QED) is 0.733. The van der Waals surface area contributed by atoms with Crippen molar-refractivity contribution in [1.29, 1.82) is 0 Å². The van der Waals surface area contributed by atoms with Crippen molar-refractivity contribution in [2.24, 2.45) is 0 Å². The molecule has 5 nitrogen and oxygen atoms in total. The molecule has 0 saturated heterocycles. The predicted molar refractivity (Wildman–Crippen MR) is 89.3 cm³/mol. The highest BCUT2D eigenvalue weighted by atomic mass is 32.1. The predicted octanol–water partition coefficient (Wildman–Crippen LogP) is 3.69. The third-order valence-corrected chi connectivity index (χ3v) is 4.59. The number of hydrogen-bond acceptors (Lipinski definition) is 5. The average molecular weight is 327 g/mol. The van der Waals surface area contributed by atoms with Gasteiger partial charge in [-0.3, -0.25) is 4.79 Å². The molecule has 0 spiro atoms. The molecule has 0 aliphatic heterocycles. The van der Waals surface area contributed by atoms with Gasteiger partial charge in [-0.05, 0) is 42.1 Å². The number of carbonyl (C=O) groups is 1. The number of carbonyl (C=O) groups excluding carboxylic acids is 1. The molecule has 0 fully saturated rings. The lowest BCUT2D eigenvalue weighted by Crippen LogP contribution is -2.26. The summed E-state index contributed by atoms with van der Waals surface area (Å²) < 4.78 is 5.42. The van der Waals surface area contributed by atoms with E-state index >= 15 is 0 Å². The van der Waals surface area contributed by atoms with Crippen LogP contribution in [0.15, 0.2) is 40.1 Å². The fraction of sp³-hybridized carbons (Fsp3) is 0.235. The second-order valence-electron chi connectivity index (χ2n) is 5.40. The first-order chi connectivity index (χ1) is 11.0. The maximum absolute atomic E-state index is 12.6. The highest BCUT2D eigenvalue weighted by molar-refractivity contribution is 7.10. The van der Waals surface area contributed by atoms with E-state index in [1.807, 2.05) is 24.6 Å². The van der Waals surface area contributed by atoms with Crippen molar-refractivity contribution in [2.45, 2.75) is 20.4 Å². The Hall–Kier alpha value is -2.47. The van der Waals surface area contributed by atoms with Gasteiger partial charge in [0.2, 0.25) is 11.8 Å². The van der Waals surface area contributed by atoms with Gasteiger partial charge in [0.1, 0.15) is 0 Å². The molecule has 0 saturated carbocycles. The second-order valence-corrected chi connectivity index (χ2v) is 6.40. The number of aromatic nitrogens is 2. The summed E-state index contributed by atoms with van der Waals surface area (Å²) in [4.78, 5) is 15.6. The van der Waals surface area contributed by atoms with Crippen LogP contribution in [-0.2, 0) is 6.54 Å². The maximum Gasteiger partial charge on any atom is 0.253 e. The van der Waals surface area contributed by atoms with Gasteiger partial charge in [0.15, 0.2) is 0 Å². The molecular weight excluding hydrogens is 310 g/mol. The van der Waals surface area contributed by atoms with Crippen LogP contribution in [0.25, 0.3) is 11.5 Å². The van der Waals surface area contributed by atoms with E-state index in [2.05, 4.69) is 23.2 Å². The minimum Gasteiger partial charge on any atom is -0.421 e. The lowest BCUT2D eigenvalue weighted by Gasteiger charge is -2.17. The molecule has 0 N–H and O–H groups in total. The third kappa shape index (κ3) is 3.32. The van der Waals surface area contributed by atoms with Crippen molar-refractivity contribution in [1.82, 2.24) is 15.1 Å². The van der Waals surface area contributed by atoms with Crippen molar-refractivity contribution >= 4 is 17.2 Å². The number of amides is 1. The summed E-state index contributed by atoms with van der Waals surface area (Å²) in [6, 6.07) is 9.33. The second kappa shape index (κ2) is 6.34. The van der Waals surface area contributed by atoms with E-state index in [-0.39, 0.29) is 5.91 Å². The fourth-order valence-corrected chi connectivity index (χ4v) is 3.23.